The summed E-state index contributed by atoms with van der Waals surface area (Å²) in [5, 5.41) is 3.47. The molecule has 2 aliphatic rings. The Morgan fingerprint density at radius 3 is 2.50 bits per heavy atom. The van der Waals surface area contributed by atoms with Gasteiger partial charge in [-0.15, -0.1) is 0 Å². The van der Waals surface area contributed by atoms with Gasteiger partial charge in [-0.05, 0) is 50.8 Å². The summed E-state index contributed by atoms with van der Waals surface area (Å²) < 4.78 is 33.1. The van der Waals surface area contributed by atoms with Crippen molar-refractivity contribution in [1.29, 1.82) is 0 Å². The summed E-state index contributed by atoms with van der Waals surface area (Å²) in [6, 6.07) is 4.75. The zero-order chi connectivity index (χ0) is 21.6. The largest absolute Gasteiger partial charge is 0.492 e. The number of piperidine rings is 1. The molecule has 1 N–H and O–H groups in total. The smallest absolute Gasteiger partial charge is 0.243 e. The van der Waals surface area contributed by atoms with Crippen molar-refractivity contribution in [3.63, 3.8) is 0 Å². The number of sulfonamides is 1. The quantitative estimate of drug-likeness (QED) is 0.689. The molecule has 1 aliphatic carbocycles. The van der Waals surface area contributed by atoms with Crippen LogP contribution in [0.2, 0.25) is 5.02 Å². The van der Waals surface area contributed by atoms with Crippen molar-refractivity contribution < 1.29 is 17.9 Å². The molecule has 0 unspecified atom stereocenters. The van der Waals surface area contributed by atoms with Crippen LogP contribution in [0.5, 0.6) is 5.75 Å². The van der Waals surface area contributed by atoms with E-state index in [0.29, 0.717) is 31.7 Å². The first-order valence-corrected chi connectivity index (χ1v) is 13.0. The van der Waals surface area contributed by atoms with Gasteiger partial charge in [-0.2, -0.15) is 4.31 Å². The minimum Gasteiger partial charge on any atom is -0.492 e. The maximum absolute atomic E-state index is 13.1. The Labute approximate surface area is 185 Å². The normalized spacial score (nSPS) is 22.1. The van der Waals surface area contributed by atoms with E-state index in [0.717, 1.165) is 25.7 Å². The maximum Gasteiger partial charge on any atom is 0.243 e. The predicted octanol–water partition coefficient (Wildman–Crippen LogP) is 4.37. The van der Waals surface area contributed by atoms with Crippen molar-refractivity contribution in [1.82, 2.24) is 9.62 Å². The van der Waals surface area contributed by atoms with Crippen LogP contribution in [0.3, 0.4) is 0 Å². The fourth-order valence-electron chi connectivity index (χ4n) is 4.36. The number of nitrogens with zero attached hydrogens (tertiary/aromatic N) is 1. The van der Waals surface area contributed by atoms with Crippen LogP contribution in [0.4, 0.5) is 0 Å². The van der Waals surface area contributed by atoms with Gasteiger partial charge >= 0.3 is 0 Å². The molecule has 1 atom stereocenters. The molecule has 1 amide bonds. The lowest BCUT2D eigenvalue weighted by molar-refractivity contribution is -0.126. The van der Waals surface area contributed by atoms with Crippen LogP contribution in [-0.4, -0.2) is 44.4 Å². The molecule has 3 rings (SSSR count). The summed E-state index contributed by atoms with van der Waals surface area (Å²) in [6.07, 6.45) is 9.46. The molecule has 1 heterocycles. The third-order valence-electron chi connectivity index (χ3n) is 6.05. The molecule has 2 fully saturated rings. The van der Waals surface area contributed by atoms with Gasteiger partial charge in [-0.25, -0.2) is 8.42 Å². The number of amides is 1. The van der Waals surface area contributed by atoms with Crippen LogP contribution < -0.4 is 10.1 Å². The maximum atomic E-state index is 13.1. The average Bonchev–Trinajstić information content (AvgIpc) is 2.71. The molecule has 1 aromatic rings. The van der Waals surface area contributed by atoms with E-state index >= 15 is 0 Å². The molecule has 1 aliphatic heterocycles. The first kappa shape index (κ1) is 23.4. The van der Waals surface area contributed by atoms with E-state index in [1.54, 1.807) is 6.07 Å². The van der Waals surface area contributed by atoms with Crippen LogP contribution in [0, 0.1) is 5.92 Å². The summed E-state index contributed by atoms with van der Waals surface area (Å²) in [4.78, 5) is 13.0. The van der Waals surface area contributed by atoms with Crippen LogP contribution in [0.1, 0.15) is 64.7 Å². The molecule has 0 bridgehead atoms. The lowest BCUT2D eigenvalue weighted by Crippen LogP contribution is -2.47. The minimum absolute atomic E-state index is 0.00907. The molecule has 0 spiro atoms. The fourth-order valence-corrected chi connectivity index (χ4v) is 6.21. The molecule has 30 heavy (non-hydrogen) atoms. The average molecular weight is 457 g/mol. The molecular formula is C22H33ClN2O4S. The number of ether oxygens (including phenoxy) is 1. The summed E-state index contributed by atoms with van der Waals surface area (Å²) in [5.41, 5.74) is 0. The first-order valence-electron chi connectivity index (χ1n) is 11.1. The zero-order valence-electron chi connectivity index (χ0n) is 17.7. The molecule has 1 aromatic carbocycles. The van der Waals surface area contributed by atoms with Crippen molar-refractivity contribution >= 4 is 27.5 Å². The number of hydrogen-bond donors (Lipinski definition) is 1. The van der Waals surface area contributed by atoms with Gasteiger partial charge in [0.05, 0.1) is 22.4 Å². The second-order valence-corrected chi connectivity index (χ2v) is 10.6. The SMILES string of the molecule is CCOc1ccc(S(=O)(=O)N2CCC[C@H](C(=O)NC3CCCCCCC3)C2)cc1Cl. The minimum atomic E-state index is -3.71. The molecule has 0 aromatic heterocycles. The van der Waals surface area contributed by atoms with Gasteiger partial charge in [-0.1, -0.05) is 43.7 Å². The molecule has 1 saturated carbocycles. The molecule has 6 nitrogen and oxygen atoms in total. The highest BCUT2D eigenvalue weighted by Gasteiger charge is 2.34. The second kappa shape index (κ2) is 10.8. The second-order valence-electron chi connectivity index (χ2n) is 8.28. The lowest BCUT2D eigenvalue weighted by atomic mass is 9.94. The number of benzene rings is 1. The summed E-state index contributed by atoms with van der Waals surface area (Å²) >= 11 is 6.19. The third-order valence-corrected chi connectivity index (χ3v) is 8.20. The van der Waals surface area contributed by atoms with Crippen LogP contribution in [0.15, 0.2) is 23.1 Å². The monoisotopic (exact) mass is 456 g/mol. The van der Waals surface area contributed by atoms with Crippen molar-refractivity contribution in [2.45, 2.75) is 75.6 Å². The summed E-state index contributed by atoms with van der Waals surface area (Å²) in [7, 11) is -3.71. The third kappa shape index (κ3) is 5.89. The molecule has 8 heteroatoms. The number of halogens is 1. The Hall–Kier alpha value is -1.31. The highest BCUT2D eigenvalue weighted by Crippen LogP contribution is 2.30. The van der Waals surface area contributed by atoms with E-state index in [-0.39, 0.29) is 34.3 Å². The summed E-state index contributed by atoms with van der Waals surface area (Å²) in [6.45, 7) is 2.93. The van der Waals surface area contributed by atoms with E-state index in [1.807, 2.05) is 6.92 Å². The Morgan fingerprint density at radius 1 is 1.13 bits per heavy atom. The Bertz CT molecular complexity index is 822. The number of carbonyl (C=O) groups is 1. The van der Waals surface area contributed by atoms with Crippen LogP contribution in [0.25, 0.3) is 0 Å². The van der Waals surface area contributed by atoms with Gasteiger partial charge in [0.25, 0.3) is 0 Å². The van der Waals surface area contributed by atoms with Crippen molar-refractivity contribution in [2.24, 2.45) is 5.92 Å². The van der Waals surface area contributed by atoms with Crippen molar-refractivity contribution in [2.75, 3.05) is 19.7 Å². The Balaban J connectivity index is 1.65. The van der Waals surface area contributed by atoms with Gasteiger partial charge in [0.15, 0.2) is 0 Å². The Morgan fingerprint density at radius 2 is 1.83 bits per heavy atom. The van der Waals surface area contributed by atoms with E-state index < -0.39 is 10.0 Å². The number of rotatable bonds is 6. The van der Waals surface area contributed by atoms with Gasteiger partial charge < -0.3 is 10.1 Å². The summed E-state index contributed by atoms with van der Waals surface area (Å²) in [5.74, 6) is 0.149. The van der Waals surface area contributed by atoms with Gasteiger partial charge in [0, 0.05) is 19.1 Å². The standard InChI is InChI=1S/C22H33ClN2O4S/c1-2-29-21-13-12-19(15-20(21)23)30(27,28)25-14-8-9-17(16-25)22(26)24-18-10-6-4-3-5-7-11-18/h12-13,15,17-18H,2-11,14,16H2,1H3,(H,24,26)/t17-/m0/s1. The van der Waals surface area contributed by atoms with E-state index in [1.165, 1.54) is 35.7 Å². The van der Waals surface area contributed by atoms with Crippen molar-refractivity contribution in [3.05, 3.63) is 23.2 Å². The fraction of sp³-hybridized carbons (Fsp3) is 0.682. The molecular weight excluding hydrogens is 424 g/mol. The number of hydrogen-bond acceptors (Lipinski definition) is 4. The highest BCUT2D eigenvalue weighted by molar-refractivity contribution is 7.89. The van der Waals surface area contributed by atoms with Gasteiger partial charge in [0.2, 0.25) is 15.9 Å². The zero-order valence-corrected chi connectivity index (χ0v) is 19.3. The van der Waals surface area contributed by atoms with Gasteiger partial charge in [-0.3, -0.25) is 4.79 Å². The Kier molecular flexibility index (Phi) is 8.43. The van der Waals surface area contributed by atoms with Crippen molar-refractivity contribution in [3.8, 4) is 5.75 Å². The molecule has 1 saturated heterocycles. The lowest BCUT2D eigenvalue weighted by Gasteiger charge is -2.32. The van der Waals surface area contributed by atoms with E-state index in [2.05, 4.69) is 5.32 Å². The van der Waals surface area contributed by atoms with E-state index in [4.69, 9.17) is 16.3 Å². The van der Waals surface area contributed by atoms with Gasteiger partial charge in [0.1, 0.15) is 5.75 Å². The van der Waals surface area contributed by atoms with Crippen LogP contribution >= 0.6 is 11.6 Å². The highest BCUT2D eigenvalue weighted by atomic mass is 35.5. The molecule has 168 valence electrons. The van der Waals surface area contributed by atoms with Crippen LogP contribution in [-0.2, 0) is 14.8 Å². The molecule has 0 radical (unpaired) electrons. The first-order chi connectivity index (χ1) is 14.4. The topological polar surface area (TPSA) is 75.7 Å². The number of carbonyl (C=O) groups excluding carboxylic acids is 1. The number of nitrogens with one attached hydrogen (secondary N) is 1. The van der Waals surface area contributed by atoms with E-state index in [9.17, 15) is 13.2 Å². The predicted molar refractivity (Wildman–Crippen MR) is 118 cm³/mol.